The lowest BCUT2D eigenvalue weighted by Gasteiger charge is -2.03. The fourth-order valence-corrected chi connectivity index (χ4v) is 3.07. The maximum atomic E-state index is 13.6. The van der Waals surface area contributed by atoms with E-state index >= 15 is 0 Å². The molecule has 0 bridgehead atoms. The van der Waals surface area contributed by atoms with Gasteiger partial charge in [0.25, 0.3) is 0 Å². The summed E-state index contributed by atoms with van der Waals surface area (Å²) in [4.78, 5) is 8.96. The van der Waals surface area contributed by atoms with Crippen molar-refractivity contribution in [2.24, 2.45) is 0 Å². The third-order valence-corrected chi connectivity index (χ3v) is 4.46. The molecule has 1 aromatic carbocycles. The predicted molar refractivity (Wildman–Crippen MR) is 102 cm³/mol. The van der Waals surface area contributed by atoms with Gasteiger partial charge in [0.15, 0.2) is 11.2 Å². The van der Waals surface area contributed by atoms with Crippen molar-refractivity contribution in [2.75, 3.05) is 0 Å². The van der Waals surface area contributed by atoms with Crippen LogP contribution in [0.25, 0.3) is 16.9 Å². The van der Waals surface area contributed by atoms with Gasteiger partial charge < -0.3 is 0 Å². The van der Waals surface area contributed by atoms with Crippen molar-refractivity contribution in [2.45, 2.75) is 19.5 Å². The van der Waals surface area contributed by atoms with Crippen molar-refractivity contribution in [3.8, 4) is 5.69 Å². The highest BCUT2D eigenvalue weighted by Crippen LogP contribution is 2.16. The molecular formula is C19H16FN9. The first-order chi connectivity index (χ1) is 14.2. The third kappa shape index (κ3) is 3.59. The van der Waals surface area contributed by atoms with E-state index in [1.54, 1.807) is 30.7 Å². The summed E-state index contributed by atoms with van der Waals surface area (Å²) >= 11 is 0. The normalized spacial score (nSPS) is 11.3. The molecule has 0 atom stereocenters. The van der Waals surface area contributed by atoms with Gasteiger partial charge >= 0.3 is 0 Å². The average Bonchev–Trinajstić information content (AvgIpc) is 3.47. The van der Waals surface area contributed by atoms with Crippen molar-refractivity contribution >= 4 is 11.2 Å². The van der Waals surface area contributed by atoms with Crippen molar-refractivity contribution in [3.63, 3.8) is 0 Å². The van der Waals surface area contributed by atoms with Gasteiger partial charge in [-0.15, -0.1) is 5.10 Å². The Morgan fingerprint density at radius 3 is 2.79 bits per heavy atom. The lowest BCUT2D eigenvalue weighted by atomic mass is 10.2. The minimum absolute atomic E-state index is 0.344. The van der Waals surface area contributed by atoms with Crippen LogP contribution in [-0.2, 0) is 19.5 Å². The Labute approximate surface area is 164 Å². The lowest BCUT2D eigenvalue weighted by Crippen LogP contribution is -2.07. The minimum Gasteiger partial charge on any atom is -0.271 e. The Hall–Kier alpha value is -3.95. The topological polar surface area (TPSA) is 92.1 Å². The molecule has 0 aliphatic carbocycles. The van der Waals surface area contributed by atoms with E-state index in [1.165, 1.54) is 16.8 Å². The highest BCUT2D eigenvalue weighted by molar-refractivity contribution is 5.70. The van der Waals surface area contributed by atoms with Gasteiger partial charge in [-0.3, -0.25) is 9.36 Å². The van der Waals surface area contributed by atoms with Crippen LogP contribution in [0.2, 0.25) is 0 Å². The van der Waals surface area contributed by atoms with Crippen molar-refractivity contribution in [3.05, 3.63) is 78.5 Å². The van der Waals surface area contributed by atoms with E-state index in [1.807, 2.05) is 27.8 Å². The van der Waals surface area contributed by atoms with E-state index < -0.39 is 0 Å². The van der Waals surface area contributed by atoms with E-state index in [0.29, 0.717) is 29.1 Å². The molecule has 0 aliphatic heterocycles. The standard InChI is InChI=1S/C19H16FN9/c20-15-3-1-4-16(10-15)29-19-17(25-26-29)12-21-18(24-19)9-14-11-23-28(13-14)8-7-27-6-2-5-22-27/h1-6,10-13H,7-9H2. The Morgan fingerprint density at radius 2 is 1.93 bits per heavy atom. The van der Waals surface area contributed by atoms with Crippen LogP contribution in [-0.4, -0.2) is 44.5 Å². The van der Waals surface area contributed by atoms with Gasteiger partial charge in [0.05, 0.1) is 31.2 Å². The molecule has 5 rings (SSSR count). The van der Waals surface area contributed by atoms with Crippen LogP contribution >= 0.6 is 0 Å². The summed E-state index contributed by atoms with van der Waals surface area (Å²) in [5.74, 6) is 0.270. The fourth-order valence-electron chi connectivity index (χ4n) is 3.07. The van der Waals surface area contributed by atoms with Crippen LogP contribution in [0, 0.1) is 5.82 Å². The van der Waals surface area contributed by atoms with E-state index in [9.17, 15) is 4.39 Å². The molecule has 10 heteroatoms. The first-order valence-electron chi connectivity index (χ1n) is 9.07. The maximum Gasteiger partial charge on any atom is 0.187 e. The summed E-state index contributed by atoms with van der Waals surface area (Å²) in [5.41, 5.74) is 2.64. The van der Waals surface area contributed by atoms with Crippen LogP contribution in [0.4, 0.5) is 4.39 Å². The van der Waals surface area contributed by atoms with Crippen LogP contribution in [0.5, 0.6) is 0 Å². The largest absolute Gasteiger partial charge is 0.271 e. The zero-order valence-electron chi connectivity index (χ0n) is 15.3. The Kier molecular flexibility index (Phi) is 4.28. The first-order valence-corrected chi connectivity index (χ1v) is 9.07. The van der Waals surface area contributed by atoms with Gasteiger partial charge in [0, 0.05) is 25.0 Å². The number of aryl methyl sites for hydroxylation is 2. The number of benzene rings is 1. The summed E-state index contributed by atoms with van der Waals surface area (Å²) < 4.78 is 18.8. The Balaban J connectivity index is 1.36. The molecule has 0 amide bonds. The second-order valence-electron chi connectivity index (χ2n) is 6.53. The van der Waals surface area contributed by atoms with Gasteiger partial charge in [0.2, 0.25) is 0 Å². The highest BCUT2D eigenvalue weighted by Gasteiger charge is 2.12. The highest BCUT2D eigenvalue weighted by atomic mass is 19.1. The van der Waals surface area contributed by atoms with E-state index in [-0.39, 0.29) is 5.82 Å². The molecule has 4 aromatic heterocycles. The Bertz CT molecular complexity index is 1260. The number of aromatic nitrogens is 9. The van der Waals surface area contributed by atoms with Gasteiger partial charge in [-0.1, -0.05) is 11.3 Å². The zero-order chi connectivity index (χ0) is 19.6. The summed E-state index contributed by atoms with van der Waals surface area (Å²) in [6.45, 7) is 1.47. The van der Waals surface area contributed by atoms with Crippen LogP contribution < -0.4 is 0 Å². The second kappa shape index (κ2) is 7.23. The number of fused-ring (bicyclic) bond motifs is 1. The van der Waals surface area contributed by atoms with E-state index in [0.717, 1.165) is 18.7 Å². The third-order valence-electron chi connectivity index (χ3n) is 4.46. The van der Waals surface area contributed by atoms with Gasteiger partial charge in [0.1, 0.15) is 11.6 Å². The minimum atomic E-state index is -0.344. The van der Waals surface area contributed by atoms with Gasteiger partial charge in [-0.05, 0) is 29.8 Å². The molecule has 9 nitrogen and oxygen atoms in total. The van der Waals surface area contributed by atoms with Crippen LogP contribution in [0.1, 0.15) is 11.4 Å². The van der Waals surface area contributed by atoms with E-state index in [2.05, 4.69) is 30.5 Å². The molecule has 0 aliphatic rings. The smallest absolute Gasteiger partial charge is 0.187 e. The Morgan fingerprint density at radius 1 is 1.00 bits per heavy atom. The second-order valence-corrected chi connectivity index (χ2v) is 6.53. The monoisotopic (exact) mass is 389 g/mol. The first kappa shape index (κ1) is 17.2. The number of hydrogen-bond donors (Lipinski definition) is 0. The molecule has 0 fully saturated rings. The van der Waals surface area contributed by atoms with Crippen molar-refractivity contribution in [1.29, 1.82) is 0 Å². The molecule has 0 radical (unpaired) electrons. The average molecular weight is 389 g/mol. The van der Waals surface area contributed by atoms with Crippen LogP contribution in [0.15, 0.2) is 61.3 Å². The molecule has 0 N–H and O–H groups in total. The van der Waals surface area contributed by atoms with E-state index in [4.69, 9.17) is 0 Å². The molecule has 0 unspecified atom stereocenters. The van der Waals surface area contributed by atoms with Gasteiger partial charge in [-0.2, -0.15) is 14.9 Å². The van der Waals surface area contributed by atoms with Gasteiger partial charge in [-0.25, -0.2) is 14.4 Å². The van der Waals surface area contributed by atoms with Crippen LogP contribution in [0.3, 0.4) is 0 Å². The molecule has 144 valence electrons. The lowest BCUT2D eigenvalue weighted by molar-refractivity contribution is 0.500. The SMILES string of the molecule is Fc1cccc(-n2nnc3cnc(Cc4cnn(CCn5cccn5)c4)nc32)c1. The number of nitrogens with zero attached hydrogens (tertiary/aromatic N) is 9. The molecule has 0 saturated carbocycles. The summed E-state index contributed by atoms with van der Waals surface area (Å²) in [7, 11) is 0. The molecule has 0 spiro atoms. The zero-order valence-corrected chi connectivity index (χ0v) is 15.3. The summed E-state index contributed by atoms with van der Waals surface area (Å²) in [6, 6.07) is 8.04. The van der Waals surface area contributed by atoms with Crippen molar-refractivity contribution < 1.29 is 4.39 Å². The van der Waals surface area contributed by atoms with Crippen molar-refractivity contribution in [1.82, 2.24) is 44.5 Å². The molecule has 5 aromatic rings. The number of halogens is 1. The number of rotatable bonds is 6. The molecular weight excluding hydrogens is 373 g/mol. The molecule has 4 heterocycles. The molecule has 0 saturated heterocycles. The summed E-state index contributed by atoms with van der Waals surface area (Å²) in [6.07, 6.45) is 9.60. The predicted octanol–water partition coefficient (Wildman–Crippen LogP) is 2.03. The maximum absolute atomic E-state index is 13.6. The summed E-state index contributed by atoms with van der Waals surface area (Å²) in [5, 5.41) is 16.7. The molecule has 29 heavy (non-hydrogen) atoms. The quantitative estimate of drug-likeness (QED) is 0.441. The fraction of sp³-hybridized carbons (Fsp3) is 0.158. The number of hydrogen-bond acceptors (Lipinski definition) is 6.